The molecular formula is C32H32ClFN4O5S. The van der Waals surface area contributed by atoms with Crippen molar-refractivity contribution in [2.75, 3.05) is 25.5 Å². The van der Waals surface area contributed by atoms with Crippen LogP contribution in [0.3, 0.4) is 0 Å². The van der Waals surface area contributed by atoms with E-state index in [0.717, 1.165) is 10.9 Å². The van der Waals surface area contributed by atoms with Gasteiger partial charge in [-0.3, -0.25) is 0 Å². The van der Waals surface area contributed by atoms with E-state index in [2.05, 4.69) is 20.6 Å². The first kappa shape index (κ1) is 31.2. The van der Waals surface area contributed by atoms with Gasteiger partial charge in [-0.2, -0.15) is 8.42 Å². The van der Waals surface area contributed by atoms with Gasteiger partial charge in [0.05, 0.1) is 28.8 Å². The third-order valence-corrected chi connectivity index (χ3v) is 8.67. The van der Waals surface area contributed by atoms with Gasteiger partial charge in [-0.15, -0.1) is 0 Å². The van der Waals surface area contributed by atoms with Gasteiger partial charge in [0.15, 0.2) is 5.60 Å². The van der Waals surface area contributed by atoms with Crippen LogP contribution < -0.4 is 20.1 Å². The lowest BCUT2D eigenvalue weighted by Gasteiger charge is -2.31. The second-order valence-corrected chi connectivity index (χ2v) is 12.0. The maximum absolute atomic E-state index is 13.5. The molecule has 0 aliphatic carbocycles. The predicted molar refractivity (Wildman–Crippen MR) is 170 cm³/mol. The summed E-state index contributed by atoms with van der Waals surface area (Å²) >= 11 is 6.53. The molecule has 2 N–H and O–H groups in total. The Morgan fingerprint density at radius 3 is 2.66 bits per heavy atom. The Labute approximate surface area is 261 Å². The van der Waals surface area contributed by atoms with E-state index in [-0.39, 0.29) is 24.9 Å². The Balaban J connectivity index is 1.41. The van der Waals surface area contributed by atoms with Crippen molar-refractivity contribution in [3.8, 4) is 11.5 Å². The summed E-state index contributed by atoms with van der Waals surface area (Å²) in [6, 6.07) is 15.2. The normalized spacial score (nSPS) is 15.8. The van der Waals surface area contributed by atoms with Crippen molar-refractivity contribution in [1.82, 2.24) is 15.3 Å². The standard InChI is InChI=1S/C32H32ClFN4O5S/c1-20(2)30(44(39)40)16-35-18-32(10-5-11-43-32)25-14-24-27(15-29(25)41-3)36-19-37-31(24)38-23-8-9-28(26(33)13-23)42-17-21-6-4-7-22(34)12-21/h4-9,11-15,19-20,35H,10,16-18H2,1-3H3,(H,36,37,38). The number of hydrogen-bond donors (Lipinski definition) is 2. The monoisotopic (exact) mass is 638 g/mol. The van der Waals surface area contributed by atoms with Crippen LogP contribution in [-0.2, 0) is 27.2 Å². The second kappa shape index (κ2) is 13.6. The summed E-state index contributed by atoms with van der Waals surface area (Å²) in [5, 5.41) is 7.69. The lowest BCUT2D eigenvalue weighted by molar-refractivity contribution is 0.0402. The summed E-state index contributed by atoms with van der Waals surface area (Å²) < 4.78 is 54.7. The van der Waals surface area contributed by atoms with E-state index >= 15 is 0 Å². The molecule has 5 rings (SSSR count). The second-order valence-electron chi connectivity index (χ2n) is 10.6. The molecular weight excluding hydrogens is 607 g/mol. The van der Waals surface area contributed by atoms with Gasteiger partial charge >= 0.3 is 0 Å². The van der Waals surface area contributed by atoms with Crippen LogP contribution in [-0.4, -0.2) is 43.4 Å². The fourth-order valence-corrected chi connectivity index (χ4v) is 5.86. The minimum absolute atomic E-state index is 0.122. The average Bonchev–Trinajstić information content (AvgIpc) is 3.48. The third-order valence-electron chi connectivity index (χ3n) is 7.33. The number of nitrogens with one attached hydrogen (secondary N) is 2. The average molecular weight is 639 g/mol. The zero-order valence-electron chi connectivity index (χ0n) is 24.4. The van der Waals surface area contributed by atoms with Crippen molar-refractivity contribution < 1.29 is 27.0 Å². The van der Waals surface area contributed by atoms with E-state index in [1.165, 1.54) is 18.5 Å². The molecule has 1 unspecified atom stereocenters. The number of methoxy groups -OCH3 is 1. The highest BCUT2D eigenvalue weighted by Gasteiger charge is 2.38. The van der Waals surface area contributed by atoms with E-state index < -0.39 is 15.9 Å². The predicted octanol–water partition coefficient (Wildman–Crippen LogP) is 6.18. The van der Waals surface area contributed by atoms with Crippen LogP contribution in [0, 0.1) is 11.7 Å². The van der Waals surface area contributed by atoms with Gasteiger partial charge in [-0.1, -0.05) is 37.6 Å². The summed E-state index contributed by atoms with van der Waals surface area (Å²) in [5.41, 5.74) is 1.92. The van der Waals surface area contributed by atoms with Crippen LogP contribution in [0.25, 0.3) is 10.9 Å². The molecule has 1 aliphatic rings. The van der Waals surface area contributed by atoms with Gasteiger partial charge in [-0.25, -0.2) is 14.4 Å². The van der Waals surface area contributed by atoms with E-state index in [9.17, 15) is 12.8 Å². The number of hydrogen-bond acceptors (Lipinski definition) is 9. The van der Waals surface area contributed by atoms with Gasteiger partial charge in [0.25, 0.3) is 0 Å². The molecule has 0 amide bonds. The first-order valence-corrected chi connectivity index (χ1v) is 15.4. The molecule has 1 aliphatic heterocycles. The first-order valence-electron chi connectivity index (χ1n) is 13.9. The zero-order chi connectivity index (χ0) is 31.3. The highest BCUT2D eigenvalue weighted by atomic mass is 35.5. The van der Waals surface area contributed by atoms with E-state index in [1.54, 1.807) is 37.6 Å². The molecule has 1 aromatic heterocycles. The summed E-state index contributed by atoms with van der Waals surface area (Å²) in [5.74, 6) is 1.12. The van der Waals surface area contributed by atoms with Crippen molar-refractivity contribution >= 4 is 49.2 Å². The molecule has 12 heteroatoms. The Morgan fingerprint density at radius 2 is 1.98 bits per heavy atom. The van der Waals surface area contributed by atoms with Crippen LogP contribution in [0.1, 0.15) is 31.4 Å². The van der Waals surface area contributed by atoms with Gasteiger partial charge in [0.2, 0.25) is 10.3 Å². The minimum atomic E-state index is -2.29. The molecule has 3 aromatic carbocycles. The number of ether oxygens (including phenoxy) is 3. The van der Waals surface area contributed by atoms with Gasteiger partial charge < -0.3 is 24.8 Å². The number of rotatable bonds is 12. The number of halogens is 2. The molecule has 9 nitrogen and oxygen atoms in total. The lowest BCUT2D eigenvalue weighted by atomic mass is 9.89. The third kappa shape index (κ3) is 6.96. The van der Waals surface area contributed by atoms with Crippen molar-refractivity contribution in [3.63, 3.8) is 0 Å². The number of benzene rings is 3. The number of fused-ring (bicyclic) bond motifs is 1. The molecule has 0 saturated heterocycles. The largest absolute Gasteiger partial charge is 0.496 e. The smallest absolute Gasteiger partial charge is 0.214 e. The van der Waals surface area contributed by atoms with Crippen molar-refractivity contribution in [3.05, 3.63) is 95.2 Å². The molecule has 1 atom stereocenters. The van der Waals surface area contributed by atoms with Crippen molar-refractivity contribution in [2.45, 2.75) is 32.5 Å². The molecule has 0 radical (unpaired) electrons. The SMILES string of the molecule is COc1cc2ncnc(Nc3ccc(OCc4cccc(F)c4)c(Cl)c3)c2cc1C1(CNCC(C(C)C)=S(=O)=O)CC=CO1. The Kier molecular flexibility index (Phi) is 9.68. The van der Waals surface area contributed by atoms with E-state index in [4.69, 9.17) is 25.8 Å². The first-order chi connectivity index (χ1) is 21.2. The molecule has 0 saturated carbocycles. The number of nitrogens with zero attached hydrogens (tertiary/aromatic N) is 2. The minimum Gasteiger partial charge on any atom is -0.496 e. The van der Waals surface area contributed by atoms with Gasteiger partial charge in [-0.05, 0) is 54.0 Å². The van der Waals surface area contributed by atoms with Crippen LogP contribution in [0.4, 0.5) is 15.9 Å². The fourth-order valence-electron chi connectivity index (χ4n) is 5.02. The van der Waals surface area contributed by atoms with Crippen LogP contribution >= 0.6 is 11.6 Å². The number of aromatic nitrogens is 2. The topological polar surface area (TPSA) is 112 Å². The highest BCUT2D eigenvalue weighted by molar-refractivity contribution is 7.73. The summed E-state index contributed by atoms with van der Waals surface area (Å²) in [7, 11) is -0.706. The molecule has 0 fully saturated rings. The zero-order valence-corrected chi connectivity index (χ0v) is 26.0. The lowest BCUT2D eigenvalue weighted by Crippen LogP contribution is -2.40. The molecule has 0 spiro atoms. The highest BCUT2D eigenvalue weighted by Crippen LogP contribution is 2.42. The van der Waals surface area contributed by atoms with E-state index in [0.29, 0.717) is 56.9 Å². The van der Waals surface area contributed by atoms with Crippen LogP contribution in [0.2, 0.25) is 5.02 Å². The maximum atomic E-state index is 13.5. The molecule has 230 valence electrons. The Bertz CT molecular complexity index is 1830. The quantitative estimate of drug-likeness (QED) is 0.176. The summed E-state index contributed by atoms with van der Waals surface area (Å²) in [6.07, 6.45) is 5.57. The van der Waals surface area contributed by atoms with Gasteiger partial charge in [0, 0.05) is 42.2 Å². The van der Waals surface area contributed by atoms with E-state index in [1.807, 2.05) is 38.1 Å². The molecule has 2 heterocycles. The molecule has 44 heavy (non-hydrogen) atoms. The molecule has 4 aromatic rings. The fraction of sp³-hybridized carbons (Fsp3) is 0.281. The molecule has 0 bridgehead atoms. The van der Waals surface area contributed by atoms with Crippen molar-refractivity contribution in [1.29, 1.82) is 0 Å². The number of anilines is 2. The maximum Gasteiger partial charge on any atom is 0.214 e. The van der Waals surface area contributed by atoms with Gasteiger partial charge in [0.1, 0.15) is 36.1 Å². The van der Waals surface area contributed by atoms with Crippen LogP contribution in [0.5, 0.6) is 11.5 Å². The summed E-state index contributed by atoms with van der Waals surface area (Å²) in [4.78, 5) is 9.33. The Morgan fingerprint density at radius 1 is 1.14 bits per heavy atom. The Hall–Kier alpha value is -4.19. The van der Waals surface area contributed by atoms with Crippen molar-refractivity contribution in [2.24, 2.45) is 5.92 Å². The van der Waals surface area contributed by atoms with Crippen LogP contribution in [0.15, 0.2) is 73.3 Å². The summed E-state index contributed by atoms with van der Waals surface area (Å²) in [6.45, 7) is 4.39.